The van der Waals surface area contributed by atoms with E-state index in [1.165, 1.54) is 23.4 Å². The van der Waals surface area contributed by atoms with E-state index in [-0.39, 0.29) is 0 Å². The van der Waals surface area contributed by atoms with Gasteiger partial charge in [-0.1, -0.05) is 0 Å². The summed E-state index contributed by atoms with van der Waals surface area (Å²) >= 11 is 1.60. The number of anilines is 2. The minimum absolute atomic E-state index is 0.503. The molecule has 2 aromatic rings. The van der Waals surface area contributed by atoms with Crippen LogP contribution in [0.25, 0.3) is 0 Å². The van der Waals surface area contributed by atoms with Crippen LogP contribution in [0.5, 0.6) is 0 Å². The van der Waals surface area contributed by atoms with E-state index < -0.39 is 0 Å². The maximum absolute atomic E-state index is 5.84. The van der Waals surface area contributed by atoms with Crippen molar-refractivity contribution in [2.75, 3.05) is 30.3 Å². The average molecular weight is 330 g/mol. The number of rotatable bonds is 2. The number of nitrogens with two attached hydrogens (primary N) is 1. The van der Waals surface area contributed by atoms with Gasteiger partial charge in [-0.15, -0.1) is 11.3 Å². The molecule has 0 aliphatic carbocycles. The van der Waals surface area contributed by atoms with Crippen LogP contribution in [0.4, 0.5) is 10.9 Å². The topological polar surface area (TPSA) is 80.0 Å². The van der Waals surface area contributed by atoms with Gasteiger partial charge >= 0.3 is 0 Å². The van der Waals surface area contributed by atoms with Crippen molar-refractivity contribution in [3.05, 3.63) is 28.2 Å². The molecule has 0 bridgehead atoms. The van der Waals surface area contributed by atoms with Crippen molar-refractivity contribution in [3.63, 3.8) is 0 Å². The zero-order valence-corrected chi connectivity index (χ0v) is 14.2. The Kier molecular flexibility index (Phi) is 3.90. The van der Waals surface area contributed by atoms with E-state index in [0.29, 0.717) is 11.0 Å². The Hall–Kier alpha value is -1.73. The minimum atomic E-state index is 0.503. The molecule has 23 heavy (non-hydrogen) atoms. The molecule has 1 fully saturated rings. The number of nitrogen functional groups attached to an aromatic ring is 1. The molecule has 1 saturated heterocycles. The Morgan fingerprint density at radius 3 is 3.09 bits per heavy atom. The van der Waals surface area contributed by atoms with E-state index in [4.69, 9.17) is 10.7 Å². The normalized spacial score (nSPS) is 21.3. The van der Waals surface area contributed by atoms with Crippen LogP contribution in [-0.2, 0) is 13.0 Å². The Morgan fingerprint density at radius 2 is 2.26 bits per heavy atom. The van der Waals surface area contributed by atoms with Crippen LogP contribution in [-0.4, -0.2) is 34.6 Å². The molecule has 0 unspecified atom stereocenters. The van der Waals surface area contributed by atoms with Crippen molar-refractivity contribution in [1.29, 1.82) is 0 Å². The first kappa shape index (κ1) is 14.8. The second kappa shape index (κ2) is 6.05. The number of hydrogen-bond acceptors (Lipinski definition) is 7. The fourth-order valence-corrected chi connectivity index (χ4v) is 4.36. The van der Waals surface area contributed by atoms with Gasteiger partial charge in [0.05, 0.1) is 17.9 Å². The maximum atomic E-state index is 5.84. The van der Waals surface area contributed by atoms with Crippen molar-refractivity contribution in [2.24, 2.45) is 0 Å². The van der Waals surface area contributed by atoms with Crippen LogP contribution in [0.3, 0.4) is 0 Å². The molecule has 0 aromatic carbocycles. The highest BCUT2D eigenvalue weighted by atomic mass is 32.1. The number of thiazole rings is 1. The third-order valence-corrected chi connectivity index (χ3v) is 5.54. The van der Waals surface area contributed by atoms with Gasteiger partial charge in [-0.2, -0.15) is 0 Å². The van der Waals surface area contributed by atoms with E-state index in [1.54, 1.807) is 11.3 Å². The highest BCUT2D eigenvalue weighted by Crippen LogP contribution is 2.30. The predicted octanol–water partition coefficient (Wildman–Crippen LogP) is 1.85. The Bertz CT molecular complexity index is 707. The predicted molar refractivity (Wildman–Crippen MR) is 92.9 cm³/mol. The number of nitrogens with zero attached hydrogens (tertiary/aromatic N) is 4. The number of hydrogen-bond donors (Lipinski definition) is 2. The summed E-state index contributed by atoms with van der Waals surface area (Å²) in [6.07, 6.45) is 3.36. The number of piperidine rings is 1. The van der Waals surface area contributed by atoms with Crippen molar-refractivity contribution in [2.45, 2.75) is 38.6 Å². The lowest BCUT2D eigenvalue weighted by atomic mass is 9.96. The van der Waals surface area contributed by atoms with E-state index in [0.717, 1.165) is 49.9 Å². The van der Waals surface area contributed by atoms with Crippen LogP contribution in [0, 0.1) is 6.92 Å². The monoisotopic (exact) mass is 330 g/mol. The number of fused-ring (bicyclic) bond motifs is 1. The first-order valence-corrected chi connectivity index (χ1v) is 9.06. The molecular formula is C16H22N6S. The first-order chi connectivity index (χ1) is 11.2. The lowest BCUT2D eigenvalue weighted by molar-refractivity contribution is 0.453. The van der Waals surface area contributed by atoms with Crippen molar-refractivity contribution in [1.82, 2.24) is 20.3 Å². The summed E-state index contributed by atoms with van der Waals surface area (Å²) in [7, 11) is 0. The second-order valence-electron chi connectivity index (χ2n) is 6.34. The van der Waals surface area contributed by atoms with Crippen LogP contribution >= 0.6 is 11.3 Å². The van der Waals surface area contributed by atoms with Gasteiger partial charge in [0.15, 0.2) is 5.13 Å². The third kappa shape index (κ3) is 3.03. The smallest absolute Gasteiger partial charge is 0.180 e. The summed E-state index contributed by atoms with van der Waals surface area (Å²) in [5, 5.41) is 4.14. The van der Waals surface area contributed by atoms with Gasteiger partial charge in [-0.25, -0.2) is 15.0 Å². The van der Waals surface area contributed by atoms with Crippen LogP contribution in [0.2, 0.25) is 0 Å². The summed E-state index contributed by atoms with van der Waals surface area (Å²) in [4.78, 5) is 17.4. The molecule has 2 aliphatic rings. The highest BCUT2D eigenvalue weighted by Gasteiger charge is 2.23. The van der Waals surface area contributed by atoms with Crippen molar-refractivity contribution < 1.29 is 0 Å². The van der Waals surface area contributed by atoms with Crippen LogP contribution in [0.15, 0.2) is 6.07 Å². The summed E-state index contributed by atoms with van der Waals surface area (Å²) in [6, 6.07) is 2.18. The molecule has 2 aromatic heterocycles. The molecule has 6 nitrogen and oxygen atoms in total. The Balaban J connectivity index is 1.60. The zero-order chi connectivity index (χ0) is 15.8. The van der Waals surface area contributed by atoms with Gasteiger partial charge in [0.2, 0.25) is 0 Å². The molecule has 1 atom stereocenters. The van der Waals surface area contributed by atoms with Gasteiger partial charge in [-0.05, 0) is 26.3 Å². The fourth-order valence-electron chi connectivity index (χ4n) is 3.46. The number of aromatic nitrogens is 3. The quantitative estimate of drug-likeness (QED) is 0.875. The van der Waals surface area contributed by atoms with Crippen LogP contribution < -0.4 is 16.0 Å². The van der Waals surface area contributed by atoms with E-state index in [9.17, 15) is 0 Å². The molecule has 3 N–H and O–H groups in total. The summed E-state index contributed by atoms with van der Waals surface area (Å²) in [5.41, 5.74) is 8.18. The SMILES string of the molecule is Cc1nc([C@H]2CCCNC2)cc(N2CCc3nc(N)sc3C2)n1. The van der Waals surface area contributed by atoms with Crippen molar-refractivity contribution in [3.8, 4) is 0 Å². The van der Waals surface area contributed by atoms with E-state index in [1.807, 2.05) is 6.92 Å². The Morgan fingerprint density at radius 1 is 1.35 bits per heavy atom. The molecule has 4 heterocycles. The molecule has 4 rings (SSSR count). The average Bonchev–Trinajstić information content (AvgIpc) is 2.94. The third-order valence-electron chi connectivity index (χ3n) is 4.63. The molecule has 0 spiro atoms. The van der Waals surface area contributed by atoms with Gasteiger partial charge in [0.25, 0.3) is 0 Å². The standard InChI is InChI=1S/C16H22N6S/c1-10-19-13(11-3-2-5-18-8-11)7-15(20-10)22-6-4-12-14(9-22)23-16(17)21-12/h7,11,18H,2-6,8-9H2,1H3,(H2,17,21)/t11-/m0/s1. The van der Waals surface area contributed by atoms with E-state index in [2.05, 4.69) is 26.3 Å². The largest absolute Gasteiger partial charge is 0.375 e. The summed E-state index contributed by atoms with van der Waals surface area (Å²) in [5.74, 6) is 2.40. The molecule has 0 amide bonds. The molecule has 7 heteroatoms. The minimum Gasteiger partial charge on any atom is -0.375 e. The molecule has 2 aliphatic heterocycles. The lowest BCUT2D eigenvalue weighted by Crippen LogP contribution is -2.32. The van der Waals surface area contributed by atoms with Gasteiger partial charge < -0.3 is 16.0 Å². The van der Waals surface area contributed by atoms with Crippen LogP contribution in [0.1, 0.15) is 40.8 Å². The molecule has 122 valence electrons. The highest BCUT2D eigenvalue weighted by molar-refractivity contribution is 7.15. The second-order valence-corrected chi connectivity index (χ2v) is 7.45. The summed E-state index contributed by atoms with van der Waals surface area (Å²) in [6.45, 7) is 5.92. The van der Waals surface area contributed by atoms with Gasteiger partial charge in [0, 0.05) is 36.4 Å². The first-order valence-electron chi connectivity index (χ1n) is 8.24. The summed E-state index contributed by atoms with van der Waals surface area (Å²) < 4.78 is 0. The Labute approximate surface area is 140 Å². The number of aryl methyl sites for hydroxylation is 1. The maximum Gasteiger partial charge on any atom is 0.180 e. The number of nitrogens with one attached hydrogen (secondary N) is 1. The lowest BCUT2D eigenvalue weighted by Gasteiger charge is -2.29. The van der Waals surface area contributed by atoms with Crippen molar-refractivity contribution >= 4 is 22.3 Å². The van der Waals surface area contributed by atoms with E-state index >= 15 is 0 Å². The molecule has 0 radical (unpaired) electrons. The molecular weight excluding hydrogens is 308 g/mol. The molecule has 0 saturated carbocycles. The fraction of sp³-hybridized carbons (Fsp3) is 0.562. The van der Waals surface area contributed by atoms with Gasteiger partial charge in [-0.3, -0.25) is 0 Å². The van der Waals surface area contributed by atoms with Gasteiger partial charge in [0.1, 0.15) is 11.6 Å². The zero-order valence-electron chi connectivity index (χ0n) is 13.4.